The van der Waals surface area contributed by atoms with E-state index >= 15 is 0 Å². The normalized spacial score (nSPS) is 36.6. The van der Waals surface area contributed by atoms with E-state index in [-0.39, 0.29) is 24.0 Å². The lowest BCUT2D eigenvalue weighted by Gasteiger charge is -2.36. The van der Waals surface area contributed by atoms with E-state index in [1.165, 1.54) is 0 Å². The number of ether oxygens (including phenoxy) is 2. The second-order valence-electron chi connectivity index (χ2n) is 6.36. The number of esters is 2. The third-order valence-corrected chi connectivity index (χ3v) is 3.64. The zero-order chi connectivity index (χ0) is 12.8. The van der Waals surface area contributed by atoms with Crippen LogP contribution in [0.5, 0.6) is 0 Å². The van der Waals surface area contributed by atoms with Gasteiger partial charge < -0.3 is 9.47 Å². The van der Waals surface area contributed by atoms with Gasteiger partial charge in [-0.05, 0) is 40.5 Å². The van der Waals surface area contributed by atoms with Crippen molar-refractivity contribution in [2.24, 2.45) is 11.3 Å². The first-order chi connectivity index (χ1) is 7.72. The predicted octanol–water partition coefficient (Wildman–Crippen LogP) is 2.06. The molecule has 0 amide bonds. The number of carbonyl (C=O) groups is 2. The number of fused-ring (bicyclic) bond motifs is 2. The third kappa shape index (κ3) is 2.17. The maximum Gasteiger partial charge on any atom is 0.311 e. The molecule has 0 aromatic heterocycles. The van der Waals surface area contributed by atoms with Crippen LogP contribution in [0.3, 0.4) is 0 Å². The zero-order valence-electron chi connectivity index (χ0n) is 10.9. The number of hydrogen-bond donors (Lipinski definition) is 0. The second kappa shape index (κ2) is 3.72. The summed E-state index contributed by atoms with van der Waals surface area (Å²) in [7, 11) is 0. The Hall–Kier alpha value is -1.06. The van der Waals surface area contributed by atoms with Crippen molar-refractivity contribution in [3.8, 4) is 0 Å². The average molecular weight is 240 g/mol. The molecule has 0 spiro atoms. The van der Waals surface area contributed by atoms with Gasteiger partial charge in [-0.2, -0.15) is 0 Å². The van der Waals surface area contributed by atoms with Crippen molar-refractivity contribution in [1.82, 2.24) is 0 Å². The van der Waals surface area contributed by atoms with Crippen LogP contribution in [-0.4, -0.2) is 23.6 Å². The topological polar surface area (TPSA) is 52.6 Å². The minimum atomic E-state index is -0.610. The van der Waals surface area contributed by atoms with E-state index in [4.69, 9.17) is 9.47 Å². The Balaban J connectivity index is 2.08. The fraction of sp³-hybridized carbons (Fsp3) is 0.846. The van der Waals surface area contributed by atoms with E-state index in [1.54, 1.807) is 0 Å². The van der Waals surface area contributed by atoms with E-state index in [0.717, 1.165) is 6.42 Å². The molecule has 1 heterocycles. The number of hydrogen-bond acceptors (Lipinski definition) is 4. The molecule has 1 aliphatic heterocycles. The van der Waals surface area contributed by atoms with Crippen LogP contribution in [0.25, 0.3) is 0 Å². The fourth-order valence-corrected chi connectivity index (χ4v) is 2.49. The van der Waals surface area contributed by atoms with Crippen LogP contribution in [0.15, 0.2) is 0 Å². The summed E-state index contributed by atoms with van der Waals surface area (Å²) in [5.41, 5.74) is -1.13. The Kier molecular flexibility index (Phi) is 2.71. The monoisotopic (exact) mass is 240 g/mol. The lowest BCUT2D eigenvalue weighted by atomic mass is 9.79. The smallest absolute Gasteiger partial charge is 0.311 e. The summed E-state index contributed by atoms with van der Waals surface area (Å²) in [6, 6.07) is 0. The predicted molar refractivity (Wildman–Crippen MR) is 61.2 cm³/mol. The fourth-order valence-electron chi connectivity index (χ4n) is 2.49. The maximum absolute atomic E-state index is 11.9. The molecule has 17 heavy (non-hydrogen) atoms. The molecule has 4 nitrogen and oxygen atoms in total. The van der Waals surface area contributed by atoms with E-state index in [2.05, 4.69) is 0 Å². The van der Waals surface area contributed by atoms with E-state index < -0.39 is 11.0 Å². The molecule has 1 saturated heterocycles. The molecule has 0 radical (unpaired) electrons. The summed E-state index contributed by atoms with van der Waals surface area (Å²) in [5, 5.41) is 0. The van der Waals surface area contributed by atoms with Gasteiger partial charge in [-0.15, -0.1) is 0 Å². The third-order valence-electron chi connectivity index (χ3n) is 3.64. The highest BCUT2D eigenvalue weighted by Crippen LogP contribution is 2.44. The van der Waals surface area contributed by atoms with Gasteiger partial charge in [0.25, 0.3) is 0 Å². The highest BCUT2D eigenvalue weighted by Gasteiger charge is 2.54. The van der Waals surface area contributed by atoms with Gasteiger partial charge >= 0.3 is 11.9 Å². The summed E-state index contributed by atoms with van der Waals surface area (Å²) in [4.78, 5) is 23.4. The second-order valence-corrected chi connectivity index (χ2v) is 6.36. The largest absolute Gasteiger partial charge is 0.458 e. The quantitative estimate of drug-likeness (QED) is 0.658. The molecule has 2 aliphatic rings. The van der Waals surface area contributed by atoms with Gasteiger partial charge in [0.05, 0.1) is 11.3 Å². The molecule has 0 aromatic rings. The summed E-state index contributed by atoms with van der Waals surface area (Å²) < 4.78 is 10.9. The van der Waals surface area contributed by atoms with Gasteiger partial charge in [0, 0.05) is 6.42 Å². The van der Waals surface area contributed by atoms with Crippen molar-refractivity contribution >= 4 is 11.9 Å². The van der Waals surface area contributed by atoms with Gasteiger partial charge in [-0.1, -0.05) is 0 Å². The van der Waals surface area contributed by atoms with Crippen molar-refractivity contribution in [2.45, 2.75) is 58.7 Å². The van der Waals surface area contributed by atoms with Gasteiger partial charge in [-0.25, -0.2) is 0 Å². The van der Waals surface area contributed by atoms with Crippen molar-refractivity contribution in [2.75, 3.05) is 0 Å². The molecule has 96 valence electrons. The van der Waals surface area contributed by atoms with Crippen LogP contribution in [0, 0.1) is 11.3 Å². The molecule has 3 unspecified atom stereocenters. The van der Waals surface area contributed by atoms with E-state index in [9.17, 15) is 9.59 Å². The van der Waals surface area contributed by atoms with Crippen LogP contribution >= 0.6 is 0 Å². The van der Waals surface area contributed by atoms with Gasteiger partial charge in [0.2, 0.25) is 0 Å². The molecule has 3 atom stereocenters. The van der Waals surface area contributed by atoms with Crippen molar-refractivity contribution in [1.29, 1.82) is 0 Å². The Bertz CT molecular complexity index is 355. The van der Waals surface area contributed by atoms with Crippen LogP contribution in [0.2, 0.25) is 0 Å². The molecular weight excluding hydrogens is 220 g/mol. The van der Waals surface area contributed by atoms with Gasteiger partial charge in [0.15, 0.2) is 0 Å². The maximum atomic E-state index is 11.9. The summed E-state index contributed by atoms with van der Waals surface area (Å²) in [5.74, 6) is -0.364. The van der Waals surface area contributed by atoms with Crippen molar-refractivity contribution in [3.05, 3.63) is 0 Å². The van der Waals surface area contributed by atoms with E-state index in [1.807, 2.05) is 27.7 Å². The Morgan fingerprint density at radius 2 is 2.06 bits per heavy atom. The Morgan fingerprint density at radius 3 is 2.65 bits per heavy atom. The van der Waals surface area contributed by atoms with Crippen LogP contribution in [0.4, 0.5) is 0 Å². The van der Waals surface area contributed by atoms with Gasteiger partial charge in [-0.3, -0.25) is 9.59 Å². The van der Waals surface area contributed by atoms with Crippen LogP contribution in [0.1, 0.15) is 47.0 Å². The Morgan fingerprint density at radius 1 is 1.41 bits per heavy atom. The highest BCUT2D eigenvalue weighted by molar-refractivity contribution is 5.77. The molecule has 2 fully saturated rings. The minimum absolute atomic E-state index is 0.00425. The standard InChI is InChI=1S/C13H20O4/c1-12(2,3)11(15)16-9-6-5-8-7-13(9,4)17-10(8)14/h8-9H,5-7H2,1-4H3. The van der Waals surface area contributed by atoms with Crippen molar-refractivity contribution < 1.29 is 19.1 Å². The average Bonchev–Trinajstić information content (AvgIpc) is 2.42. The first-order valence-electron chi connectivity index (χ1n) is 6.16. The minimum Gasteiger partial charge on any atom is -0.458 e. The van der Waals surface area contributed by atoms with Gasteiger partial charge in [0.1, 0.15) is 11.7 Å². The van der Waals surface area contributed by atoms with E-state index in [0.29, 0.717) is 12.8 Å². The molecule has 0 aromatic carbocycles. The zero-order valence-corrected chi connectivity index (χ0v) is 10.9. The number of carbonyl (C=O) groups excluding carboxylic acids is 2. The first-order valence-corrected chi connectivity index (χ1v) is 6.16. The number of rotatable bonds is 1. The summed E-state index contributed by atoms with van der Waals surface area (Å²) in [6.45, 7) is 7.34. The highest BCUT2D eigenvalue weighted by atomic mass is 16.6. The summed E-state index contributed by atoms with van der Waals surface area (Å²) in [6.07, 6.45) is 1.86. The SMILES string of the molecule is CC(C)(C)C(=O)OC1CCC2CC1(C)OC2=O. The van der Waals surface area contributed by atoms with Crippen LogP contribution < -0.4 is 0 Å². The summed E-state index contributed by atoms with van der Waals surface area (Å²) >= 11 is 0. The Labute approximate surface area is 102 Å². The molecule has 1 saturated carbocycles. The first kappa shape index (κ1) is 12.4. The molecule has 0 N–H and O–H groups in total. The lowest BCUT2D eigenvalue weighted by molar-refractivity contribution is -0.179. The molecule has 1 aliphatic carbocycles. The van der Waals surface area contributed by atoms with Crippen molar-refractivity contribution in [3.63, 3.8) is 0 Å². The lowest BCUT2D eigenvalue weighted by Crippen LogP contribution is -2.45. The van der Waals surface area contributed by atoms with Crippen LogP contribution in [-0.2, 0) is 19.1 Å². The molecule has 4 heteroatoms. The molecular formula is C13H20O4. The molecule has 2 rings (SSSR count). The molecule has 2 bridgehead atoms.